The maximum atomic E-state index is 11.5. The van der Waals surface area contributed by atoms with Crippen molar-refractivity contribution >= 4 is 10.1 Å². The average Bonchev–Trinajstić information content (AvgIpc) is 2.57. The third-order valence-electron chi connectivity index (χ3n) is 4.01. The summed E-state index contributed by atoms with van der Waals surface area (Å²) in [5.41, 5.74) is 4.16. The van der Waals surface area contributed by atoms with Crippen LogP contribution in [0.25, 0.3) is 11.1 Å². The molecule has 2 radical (unpaired) electrons. The van der Waals surface area contributed by atoms with Crippen LogP contribution >= 0.6 is 0 Å². The van der Waals surface area contributed by atoms with E-state index in [0.29, 0.717) is 0 Å². The summed E-state index contributed by atoms with van der Waals surface area (Å²) in [5, 5.41) is 0. The lowest BCUT2D eigenvalue weighted by molar-refractivity contribution is 0.473. The highest BCUT2D eigenvalue weighted by Crippen LogP contribution is 2.49. The van der Waals surface area contributed by atoms with Crippen LogP contribution in [0.15, 0.2) is 36.4 Å². The van der Waals surface area contributed by atoms with Crippen LogP contribution in [0.2, 0.25) is 0 Å². The van der Waals surface area contributed by atoms with Crippen LogP contribution in [0.3, 0.4) is 0 Å². The van der Waals surface area contributed by atoms with Crippen molar-refractivity contribution in [2.24, 2.45) is 0 Å². The average molecular weight is 300 g/mol. The molecule has 108 valence electrons. The molecule has 0 amide bonds. The molecular formula is C17H16O3S. The summed E-state index contributed by atoms with van der Waals surface area (Å²) < 4.78 is 32.2. The minimum Gasteiger partial charge on any atom is -0.286 e. The maximum Gasteiger partial charge on any atom is 0.266 e. The van der Waals surface area contributed by atoms with Gasteiger partial charge in [-0.15, -0.1) is 0 Å². The minimum atomic E-state index is -4.20. The fourth-order valence-electron chi connectivity index (χ4n) is 3.11. The molecule has 1 aliphatic carbocycles. The smallest absolute Gasteiger partial charge is 0.266 e. The molecule has 21 heavy (non-hydrogen) atoms. The molecule has 0 fully saturated rings. The molecule has 3 nitrogen and oxygen atoms in total. The quantitative estimate of drug-likeness (QED) is 0.867. The van der Waals surface area contributed by atoms with E-state index >= 15 is 0 Å². The van der Waals surface area contributed by atoms with Crippen LogP contribution in [0.5, 0.6) is 0 Å². The van der Waals surface area contributed by atoms with Crippen LogP contribution in [0, 0.1) is 20.8 Å². The van der Waals surface area contributed by atoms with Gasteiger partial charge in [0.1, 0.15) is 0 Å². The normalized spacial score (nSPS) is 15.6. The first-order valence-corrected chi connectivity index (χ1v) is 8.28. The van der Waals surface area contributed by atoms with Crippen molar-refractivity contribution in [2.45, 2.75) is 19.3 Å². The summed E-state index contributed by atoms with van der Waals surface area (Å²) in [6.45, 7) is 10.3. The van der Waals surface area contributed by atoms with E-state index in [-0.39, 0.29) is 0 Å². The Morgan fingerprint density at radius 3 is 1.81 bits per heavy atom. The van der Waals surface area contributed by atoms with Gasteiger partial charge in [0.2, 0.25) is 0 Å². The first kappa shape index (κ1) is 14.3. The summed E-state index contributed by atoms with van der Waals surface area (Å²) in [6.07, 6.45) is 0. The van der Waals surface area contributed by atoms with Gasteiger partial charge >= 0.3 is 0 Å². The Morgan fingerprint density at radius 2 is 1.43 bits per heavy atom. The number of benzene rings is 2. The SMILES string of the molecule is [CH]C1(CS(=O)(=O)O)c2cc(C)ccc2-c2ccc(C)cc21. The third-order valence-corrected chi connectivity index (χ3v) is 4.83. The van der Waals surface area contributed by atoms with Crippen molar-refractivity contribution in [3.8, 4) is 11.1 Å². The molecule has 0 heterocycles. The summed E-state index contributed by atoms with van der Waals surface area (Å²) >= 11 is 0. The molecule has 1 N–H and O–H groups in total. The zero-order valence-electron chi connectivity index (χ0n) is 11.9. The van der Waals surface area contributed by atoms with Gasteiger partial charge in [0.25, 0.3) is 10.1 Å². The van der Waals surface area contributed by atoms with Crippen LogP contribution in [0.4, 0.5) is 0 Å². The Balaban J connectivity index is 2.34. The monoisotopic (exact) mass is 300 g/mol. The summed E-state index contributed by atoms with van der Waals surface area (Å²) in [4.78, 5) is 0. The lowest BCUT2D eigenvalue weighted by Gasteiger charge is -2.25. The van der Waals surface area contributed by atoms with Gasteiger partial charge in [-0.2, -0.15) is 8.42 Å². The van der Waals surface area contributed by atoms with Gasteiger partial charge in [-0.05, 0) is 43.0 Å². The van der Waals surface area contributed by atoms with Crippen LogP contribution < -0.4 is 0 Å². The summed E-state index contributed by atoms with van der Waals surface area (Å²) in [7, 11) is -4.20. The van der Waals surface area contributed by atoms with Crippen LogP contribution in [0.1, 0.15) is 22.3 Å². The molecule has 2 aromatic rings. The van der Waals surface area contributed by atoms with E-state index in [0.717, 1.165) is 33.4 Å². The first-order valence-electron chi connectivity index (χ1n) is 6.67. The first-order chi connectivity index (χ1) is 9.71. The molecule has 0 saturated heterocycles. The fraction of sp³-hybridized carbons (Fsp3) is 0.235. The molecule has 0 atom stereocenters. The Bertz CT molecular complexity index is 784. The highest BCUT2D eigenvalue weighted by molar-refractivity contribution is 7.85. The van der Waals surface area contributed by atoms with Gasteiger partial charge < -0.3 is 0 Å². The lowest BCUT2D eigenvalue weighted by Crippen LogP contribution is -2.31. The predicted molar refractivity (Wildman–Crippen MR) is 82.8 cm³/mol. The van der Waals surface area contributed by atoms with Gasteiger partial charge in [-0.1, -0.05) is 47.5 Å². The highest BCUT2D eigenvalue weighted by Gasteiger charge is 2.42. The zero-order valence-corrected chi connectivity index (χ0v) is 12.7. The highest BCUT2D eigenvalue weighted by atomic mass is 32.2. The van der Waals surface area contributed by atoms with E-state index in [1.807, 2.05) is 50.2 Å². The third kappa shape index (κ3) is 2.28. The van der Waals surface area contributed by atoms with Crippen molar-refractivity contribution in [2.75, 3.05) is 5.75 Å². The van der Waals surface area contributed by atoms with E-state index in [1.165, 1.54) is 0 Å². The van der Waals surface area contributed by atoms with Crippen molar-refractivity contribution in [1.29, 1.82) is 0 Å². The van der Waals surface area contributed by atoms with E-state index in [4.69, 9.17) is 6.92 Å². The van der Waals surface area contributed by atoms with E-state index in [2.05, 4.69) is 0 Å². The molecule has 0 bridgehead atoms. The molecule has 2 aromatic carbocycles. The van der Waals surface area contributed by atoms with Gasteiger partial charge in [0.15, 0.2) is 0 Å². The molecule has 4 heteroatoms. The lowest BCUT2D eigenvalue weighted by atomic mass is 9.81. The molecular weight excluding hydrogens is 284 g/mol. The second kappa shape index (κ2) is 4.42. The van der Waals surface area contributed by atoms with E-state index < -0.39 is 21.3 Å². The number of hydrogen-bond donors (Lipinski definition) is 1. The van der Waals surface area contributed by atoms with Crippen molar-refractivity contribution in [3.63, 3.8) is 0 Å². The number of fused-ring (bicyclic) bond motifs is 3. The standard InChI is InChI=1S/C17H16O3S/c1-11-4-6-13-14-7-5-12(2)9-16(14)17(3,15(13)8-11)10-21(18,19)20/h3-9H,10H2,1-2H3,(H,18,19,20). The van der Waals surface area contributed by atoms with Crippen molar-refractivity contribution in [3.05, 3.63) is 65.6 Å². The largest absolute Gasteiger partial charge is 0.286 e. The van der Waals surface area contributed by atoms with Crippen molar-refractivity contribution < 1.29 is 13.0 Å². The Labute approximate surface area is 125 Å². The molecule has 0 unspecified atom stereocenters. The summed E-state index contributed by atoms with van der Waals surface area (Å²) in [5.74, 6) is -0.521. The molecule has 0 spiro atoms. The Hall–Kier alpha value is -1.65. The fourth-order valence-corrected chi connectivity index (χ4v) is 4.00. The molecule has 3 rings (SSSR count). The number of aryl methyl sites for hydroxylation is 2. The summed E-state index contributed by atoms with van der Waals surface area (Å²) in [6, 6.07) is 11.7. The molecule has 1 aliphatic rings. The second-order valence-electron chi connectivity index (χ2n) is 5.80. The molecule has 0 aromatic heterocycles. The second-order valence-corrected chi connectivity index (χ2v) is 7.25. The minimum absolute atomic E-state index is 0.521. The van der Waals surface area contributed by atoms with Crippen LogP contribution in [-0.4, -0.2) is 18.7 Å². The molecule has 0 saturated carbocycles. The maximum absolute atomic E-state index is 11.5. The zero-order chi connectivity index (χ0) is 15.4. The van der Waals surface area contributed by atoms with Gasteiger partial charge in [0.05, 0.1) is 5.75 Å². The van der Waals surface area contributed by atoms with E-state index in [1.54, 1.807) is 0 Å². The van der Waals surface area contributed by atoms with Gasteiger partial charge in [0, 0.05) is 5.41 Å². The number of hydrogen-bond acceptors (Lipinski definition) is 2. The topological polar surface area (TPSA) is 54.4 Å². The van der Waals surface area contributed by atoms with Gasteiger partial charge in [-0.25, -0.2) is 0 Å². The Kier molecular flexibility index (Phi) is 3.01. The molecule has 0 aliphatic heterocycles. The number of rotatable bonds is 2. The van der Waals surface area contributed by atoms with Crippen molar-refractivity contribution in [1.82, 2.24) is 0 Å². The van der Waals surface area contributed by atoms with E-state index in [9.17, 15) is 13.0 Å². The predicted octanol–water partition coefficient (Wildman–Crippen LogP) is 3.17. The Morgan fingerprint density at radius 1 is 1.00 bits per heavy atom. The van der Waals surface area contributed by atoms with Crippen LogP contribution in [-0.2, 0) is 15.5 Å². The van der Waals surface area contributed by atoms with Gasteiger partial charge in [-0.3, -0.25) is 4.55 Å².